The molecule has 3 rings (SSSR count). The number of alkyl halides is 2. The van der Waals surface area contributed by atoms with E-state index in [9.17, 15) is 8.78 Å². The molecule has 24 heavy (non-hydrogen) atoms. The van der Waals surface area contributed by atoms with Crippen molar-refractivity contribution >= 4 is 12.4 Å². The van der Waals surface area contributed by atoms with E-state index in [0.717, 1.165) is 31.7 Å². The van der Waals surface area contributed by atoms with E-state index < -0.39 is 6.61 Å². The summed E-state index contributed by atoms with van der Waals surface area (Å²) in [6.07, 6.45) is 3.58. The van der Waals surface area contributed by atoms with Crippen LogP contribution in [0.3, 0.4) is 0 Å². The number of para-hydroxylation sites is 1. The van der Waals surface area contributed by atoms with Gasteiger partial charge in [-0.15, -0.1) is 12.4 Å². The van der Waals surface area contributed by atoms with Crippen molar-refractivity contribution in [2.24, 2.45) is 5.41 Å². The number of likely N-dealkylation sites (tertiary alicyclic amines) is 1. The van der Waals surface area contributed by atoms with Crippen LogP contribution in [0.2, 0.25) is 0 Å². The fourth-order valence-corrected chi connectivity index (χ4v) is 3.84. The van der Waals surface area contributed by atoms with Crippen LogP contribution in [0.25, 0.3) is 0 Å². The van der Waals surface area contributed by atoms with E-state index in [2.05, 4.69) is 10.2 Å². The molecule has 0 bridgehead atoms. The highest BCUT2D eigenvalue weighted by Crippen LogP contribution is 2.40. The smallest absolute Gasteiger partial charge is 0.387 e. The Morgan fingerprint density at radius 3 is 2.67 bits per heavy atom. The number of methoxy groups -OCH3 is 1. The number of ether oxygens (including phenoxy) is 2. The summed E-state index contributed by atoms with van der Waals surface area (Å²) >= 11 is 0. The Bertz CT molecular complexity index is 539. The molecular formula is C17H25ClF2N2O2. The van der Waals surface area contributed by atoms with Crippen LogP contribution in [-0.4, -0.2) is 44.8 Å². The van der Waals surface area contributed by atoms with E-state index in [-0.39, 0.29) is 18.2 Å². The van der Waals surface area contributed by atoms with Gasteiger partial charge in [-0.2, -0.15) is 8.78 Å². The number of benzene rings is 1. The molecule has 0 amide bonds. The second kappa shape index (κ2) is 8.32. The maximum atomic E-state index is 12.7. The lowest BCUT2D eigenvalue weighted by molar-refractivity contribution is -0.0521. The number of piperidine rings is 1. The number of hydrogen-bond acceptors (Lipinski definition) is 4. The lowest BCUT2D eigenvalue weighted by Crippen LogP contribution is -2.38. The first kappa shape index (κ1) is 19.2. The number of nitrogens with one attached hydrogen (secondary N) is 1. The standard InChI is InChI=1S/C17H24F2N2O2.ClH/c1-22-14-4-2-3-13(15(14)23-16(18)19)11-21-10-7-17(12-21)5-8-20-9-6-17;/h2-4,16,20H,5-12H2,1H3;1H. The summed E-state index contributed by atoms with van der Waals surface area (Å²) in [6.45, 7) is 1.96. The second-order valence-corrected chi connectivity index (χ2v) is 6.54. The van der Waals surface area contributed by atoms with Crippen LogP contribution in [0.15, 0.2) is 18.2 Å². The van der Waals surface area contributed by atoms with E-state index in [4.69, 9.17) is 9.47 Å². The van der Waals surface area contributed by atoms with Crippen LogP contribution in [0.1, 0.15) is 24.8 Å². The van der Waals surface area contributed by atoms with Crippen molar-refractivity contribution in [1.82, 2.24) is 10.2 Å². The van der Waals surface area contributed by atoms with Gasteiger partial charge in [0.2, 0.25) is 0 Å². The molecule has 2 aliphatic rings. The van der Waals surface area contributed by atoms with Crippen molar-refractivity contribution in [1.29, 1.82) is 0 Å². The Balaban J connectivity index is 0.00000208. The summed E-state index contributed by atoms with van der Waals surface area (Å²) in [4.78, 5) is 2.35. The average molecular weight is 363 g/mol. The molecule has 0 aromatic heterocycles. The van der Waals surface area contributed by atoms with Gasteiger partial charge in [-0.3, -0.25) is 4.90 Å². The summed E-state index contributed by atoms with van der Waals surface area (Å²) in [5, 5.41) is 3.41. The molecule has 136 valence electrons. The Morgan fingerprint density at radius 1 is 1.25 bits per heavy atom. The lowest BCUT2D eigenvalue weighted by atomic mass is 9.78. The Labute approximate surface area is 147 Å². The minimum absolute atomic E-state index is 0. The zero-order chi connectivity index (χ0) is 16.3. The van der Waals surface area contributed by atoms with Crippen LogP contribution < -0.4 is 14.8 Å². The maximum absolute atomic E-state index is 12.7. The van der Waals surface area contributed by atoms with Gasteiger partial charge in [-0.1, -0.05) is 12.1 Å². The zero-order valence-electron chi connectivity index (χ0n) is 13.9. The van der Waals surface area contributed by atoms with Crippen LogP contribution in [0.4, 0.5) is 8.78 Å². The number of rotatable bonds is 5. The third kappa shape index (κ3) is 4.29. The number of halogens is 3. The summed E-state index contributed by atoms with van der Waals surface area (Å²) in [6, 6.07) is 5.32. The normalized spacial score (nSPS) is 20.2. The lowest BCUT2D eigenvalue weighted by Gasteiger charge is -2.34. The molecule has 1 aromatic rings. The van der Waals surface area contributed by atoms with Crippen LogP contribution in [0.5, 0.6) is 11.5 Å². The molecule has 7 heteroatoms. The minimum atomic E-state index is -2.85. The van der Waals surface area contributed by atoms with Crippen LogP contribution in [0, 0.1) is 5.41 Å². The van der Waals surface area contributed by atoms with Gasteiger partial charge in [0.15, 0.2) is 11.5 Å². The highest BCUT2D eigenvalue weighted by Gasteiger charge is 2.38. The van der Waals surface area contributed by atoms with Gasteiger partial charge in [0.1, 0.15) is 0 Å². The highest BCUT2D eigenvalue weighted by atomic mass is 35.5. The largest absolute Gasteiger partial charge is 0.493 e. The number of hydrogen-bond donors (Lipinski definition) is 1. The van der Waals surface area contributed by atoms with Gasteiger partial charge in [-0.25, -0.2) is 0 Å². The summed E-state index contributed by atoms with van der Waals surface area (Å²) in [5.41, 5.74) is 1.16. The van der Waals surface area contributed by atoms with E-state index in [0.29, 0.717) is 17.7 Å². The van der Waals surface area contributed by atoms with E-state index in [1.807, 2.05) is 12.1 Å². The molecule has 1 aromatic carbocycles. The van der Waals surface area contributed by atoms with Crippen molar-refractivity contribution < 1.29 is 18.3 Å². The molecule has 0 radical (unpaired) electrons. The van der Waals surface area contributed by atoms with Crippen molar-refractivity contribution in [2.45, 2.75) is 32.4 Å². The maximum Gasteiger partial charge on any atom is 0.387 e. The van der Waals surface area contributed by atoms with E-state index in [1.54, 1.807) is 6.07 Å². The summed E-state index contributed by atoms with van der Waals surface area (Å²) < 4.78 is 35.3. The second-order valence-electron chi connectivity index (χ2n) is 6.54. The van der Waals surface area contributed by atoms with E-state index in [1.165, 1.54) is 26.4 Å². The third-order valence-electron chi connectivity index (χ3n) is 5.06. The molecule has 2 saturated heterocycles. The Kier molecular flexibility index (Phi) is 6.66. The van der Waals surface area contributed by atoms with Gasteiger partial charge in [0.25, 0.3) is 0 Å². The van der Waals surface area contributed by atoms with Crippen molar-refractivity contribution in [2.75, 3.05) is 33.3 Å². The Hall–Kier alpha value is -1.11. The molecule has 0 atom stereocenters. The molecule has 0 saturated carbocycles. The molecule has 2 aliphatic heterocycles. The zero-order valence-corrected chi connectivity index (χ0v) is 14.7. The fourth-order valence-electron chi connectivity index (χ4n) is 3.84. The fraction of sp³-hybridized carbons (Fsp3) is 0.647. The molecule has 0 aliphatic carbocycles. The summed E-state index contributed by atoms with van der Waals surface area (Å²) in [7, 11) is 1.47. The predicted molar refractivity (Wildman–Crippen MR) is 91.3 cm³/mol. The number of nitrogens with zero attached hydrogens (tertiary/aromatic N) is 1. The van der Waals surface area contributed by atoms with Crippen LogP contribution >= 0.6 is 12.4 Å². The molecule has 2 heterocycles. The molecule has 1 spiro atoms. The molecule has 2 fully saturated rings. The minimum Gasteiger partial charge on any atom is -0.493 e. The van der Waals surface area contributed by atoms with Gasteiger partial charge in [-0.05, 0) is 50.4 Å². The first-order valence-corrected chi connectivity index (χ1v) is 8.16. The van der Waals surface area contributed by atoms with Crippen molar-refractivity contribution in [3.05, 3.63) is 23.8 Å². The van der Waals surface area contributed by atoms with Gasteiger partial charge in [0.05, 0.1) is 7.11 Å². The average Bonchev–Trinajstić information content (AvgIpc) is 2.91. The third-order valence-corrected chi connectivity index (χ3v) is 5.06. The van der Waals surface area contributed by atoms with E-state index >= 15 is 0 Å². The van der Waals surface area contributed by atoms with Gasteiger partial charge < -0.3 is 14.8 Å². The SMILES string of the molecule is COc1cccc(CN2CCC3(CCNCC3)C2)c1OC(F)F.Cl. The first-order valence-electron chi connectivity index (χ1n) is 8.16. The molecular weight excluding hydrogens is 338 g/mol. The van der Waals surface area contributed by atoms with Gasteiger partial charge in [0, 0.05) is 18.7 Å². The molecule has 4 nitrogen and oxygen atoms in total. The molecule has 0 unspecified atom stereocenters. The Morgan fingerprint density at radius 2 is 2.00 bits per heavy atom. The molecule has 1 N–H and O–H groups in total. The monoisotopic (exact) mass is 362 g/mol. The first-order chi connectivity index (χ1) is 11.1. The quantitative estimate of drug-likeness (QED) is 0.871. The highest BCUT2D eigenvalue weighted by molar-refractivity contribution is 5.85. The van der Waals surface area contributed by atoms with Gasteiger partial charge >= 0.3 is 6.61 Å². The van der Waals surface area contributed by atoms with Crippen LogP contribution in [-0.2, 0) is 6.54 Å². The topological polar surface area (TPSA) is 33.7 Å². The van der Waals surface area contributed by atoms with Crippen molar-refractivity contribution in [3.63, 3.8) is 0 Å². The van der Waals surface area contributed by atoms with Crippen molar-refractivity contribution in [3.8, 4) is 11.5 Å². The summed E-state index contributed by atoms with van der Waals surface area (Å²) in [5.74, 6) is 0.523. The predicted octanol–water partition coefficient (Wildman–Crippen LogP) is 3.29.